The minimum Gasteiger partial charge on any atom is -0.462 e. The fraction of sp³-hybridized carbons (Fsp3) is 0.767. The molecule has 232 valence electrons. The van der Waals surface area contributed by atoms with Crippen LogP contribution in [-0.2, 0) is 57.1 Å². The molecule has 3 heterocycles. The molecule has 0 aromatic heterocycles. The molecule has 11 atom stereocenters. The van der Waals surface area contributed by atoms with E-state index in [9.17, 15) is 24.0 Å². The first-order valence-electron chi connectivity index (χ1n) is 14.5. The quantitative estimate of drug-likeness (QED) is 0.192. The van der Waals surface area contributed by atoms with Crippen LogP contribution >= 0.6 is 0 Å². The van der Waals surface area contributed by atoms with Crippen LogP contribution in [0.5, 0.6) is 0 Å². The lowest BCUT2D eigenvalue weighted by molar-refractivity contribution is -0.216. The minimum atomic E-state index is -1.48. The van der Waals surface area contributed by atoms with Gasteiger partial charge >= 0.3 is 29.8 Å². The predicted octanol–water partition coefficient (Wildman–Crippen LogP) is 2.48. The minimum absolute atomic E-state index is 0.00145. The van der Waals surface area contributed by atoms with E-state index in [1.54, 1.807) is 19.9 Å². The zero-order valence-electron chi connectivity index (χ0n) is 25.3. The average Bonchev–Trinajstić information content (AvgIpc) is 3.70. The molecule has 2 aliphatic carbocycles. The lowest BCUT2D eigenvalue weighted by Gasteiger charge is -2.54. The Kier molecular flexibility index (Phi) is 7.28. The topological polar surface area (TPSA) is 157 Å². The van der Waals surface area contributed by atoms with Gasteiger partial charge in [0.1, 0.15) is 24.4 Å². The van der Waals surface area contributed by atoms with Crippen molar-refractivity contribution in [1.29, 1.82) is 0 Å². The lowest BCUT2D eigenvalue weighted by atomic mass is 9.53. The number of ether oxygens (including phenoxy) is 7. The first kappa shape index (κ1) is 30.5. The van der Waals surface area contributed by atoms with Gasteiger partial charge in [0.15, 0.2) is 17.3 Å². The zero-order chi connectivity index (χ0) is 31.0. The van der Waals surface area contributed by atoms with Gasteiger partial charge < -0.3 is 33.2 Å². The molecule has 12 nitrogen and oxygen atoms in total. The molecule has 4 fully saturated rings. The monoisotopic (exact) mass is 592 g/mol. The number of rotatable bonds is 6. The summed E-state index contributed by atoms with van der Waals surface area (Å²) in [6.07, 6.45) is -2.70. The van der Waals surface area contributed by atoms with E-state index >= 15 is 0 Å². The van der Waals surface area contributed by atoms with E-state index in [-0.39, 0.29) is 25.4 Å². The van der Waals surface area contributed by atoms with Crippen LogP contribution in [0.2, 0.25) is 0 Å². The van der Waals surface area contributed by atoms with Crippen molar-refractivity contribution < 1.29 is 57.1 Å². The highest BCUT2D eigenvalue weighted by atomic mass is 16.7. The fourth-order valence-electron chi connectivity index (χ4n) is 7.81. The maximum Gasteiger partial charge on any atom is 0.342 e. The van der Waals surface area contributed by atoms with Gasteiger partial charge in [-0.15, -0.1) is 0 Å². The average molecular weight is 593 g/mol. The number of esters is 5. The standard InChI is InChI=1S/C30H40O12/c1-9-10-23(34)39-19-12-18(36-15(3)31)14(2)11-22-30(29(8,42-30)26(35)40-22)25(38-17(5)33)24-27(19,6)20(37-16(4)32)13-21-28(24,7)41-21/h11,18-22,24-25H,9-10,12-13H2,1-8H3/b14-11-/t18-,19+,20+,21+,22+,24-,25+,27+,28+,29+,30+/m1/s1. The van der Waals surface area contributed by atoms with Crippen LogP contribution in [0.4, 0.5) is 0 Å². The normalized spacial score (nSPS) is 46.1. The Morgan fingerprint density at radius 3 is 2.12 bits per heavy atom. The van der Waals surface area contributed by atoms with Gasteiger partial charge in [-0.25, -0.2) is 4.79 Å². The van der Waals surface area contributed by atoms with E-state index in [0.717, 1.165) is 0 Å². The summed E-state index contributed by atoms with van der Waals surface area (Å²) in [5, 5.41) is 0. The van der Waals surface area contributed by atoms with Crippen molar-refractivity contribution >= 4 is 29.8 Å². The van der Waals surface area contributed by atoms with Crippen LogP contribution in [0.25, 0.3) is 0 Å². The SMILES string of the molecule is CCCC(=O)O[C@H]1C[C@@H](OC(C)=O)/C(C)=C\[C@@H]2OC(=O)[C@]3(C)O[C@]23[C@@H](OC(C)=O)[C@H]2[C@@]3(C)O[C@H]3C[C@H](OC(C)=O)[C@]12C. The highest BCUT2D eigenvalue weighted by Gasteiger charge is 2.89. The molecule has 0 amide bonds. The Balaban J connectivity index is 1.78. The number of hydrogen-bond donors (Lipinski definition) is 0. The van der Waals surface area contributed by atoms with Crippen LogP contribution in [0.3, 0.4) is 0 Å². The van der Waals surface area contributed by atoms with Gasteiger partial charge in [-0.05, 0) is 38.8 Å². The molecule has 0 aromatic carbocycles. The molecule has 0 radical (unpaired) electrons. The molecular formula is C30H40O12. The molecular weight excluding hydrogens is 552 g/mol. The van der Waals surface area contributed by atoms with Gasteiger partial charge in [0, 0.05) is 46.0 Å². The Bertz CT molecular complexity index is 1240. The summed E-state index contributed by atoms with van der Waals surface area (Å²) in [6, 6.07) is 0. The lowest BCUT2D eigenvalue weighted by Crippen LogP contribution is -2.66. The summed E-state index contributed by atoms with van der Waals surface area (Å²) in [4.78, 5) is 63.9. The molecule has 0 bridgehead atoms. The number of fused-ring (bicyclic) bond motifs is 3. The number of carbonyl (C=O) groups is 5. The summed E-state index contributed by atoms with van der Waals surface area (Å²) in [7, 11) is 0. The molecule has 5 rings (SSSR count). The summed E-state index contributed by atoms with van der Waals surface area (Å²) >= 11 is 0. The second-order valence-electron chi connectivity index (χ2n) is 12.7. The number of hydrogen-bond acceptors (Lipinski definition) is 12. The second-order valence-corrected chi connectivity index (χ2v) is 12.7. The Morgan fingerprint density at radius 1 is 0.929 bits per heavy atom. The van der Waals surface area contributed by atoms with Gasteiger partial charge in [-0.1, -0.05) is 13.8 Å². The highest BCUT2D eigenvalue weighted by Crippen LogP contribution is 2.69. The first-order chi connectivity index (χ1) is 19.5. The van der Waals surface area contributed by atoms with Gasteiger partial charge in [0.2, 0.25) is 0 Å². The molecule has 0 N–H and O–H groups in total. The third-order valence-corrected chi connectivity index (χ3v) is 9.92. The van der Waals surface area contributed by atoms with Gasteiger partial charge in [0.05, 0.1) is 17.1 Å². The molecule has 3 aliphatic heterocycles. The van der Waals surface area contributed by atoms with Crippen LogP contribution in [0, 0.1) is 11.3 Å². The first-order valence-corrected chi connectivity index (χ1v) is 14.5. The Labute approximate surface area is 244 Å². The molecule has 3 saturated heterocycles. The zero-order valence-corrected chi connectivity index (χ0v) is 25.3. The smallest absolute Gasteiger partial charge is 0.342 e. The third-order valence-electron chi connectivity index (χ3n) is 9.92. The third kappa shape index (κ3) is 4.44. The van der Waals surface area contributed by atoms with E-state index in [4.69, 9.17) is 33.2 Å². The van der Waals surface area contributed by atoms with E-state index in [1.807, 2.05) is 20.8 Å². The molecule has 42 heavy (non-hydrogen) atoms. The van der Waals surface area contributed by atoms with Crippen LogP contribution in [-0.4, -0.2) is 83.3 Å². The summed E-state index contributed by atoms with van der Waals surface area (Å²) in [5.41, 5.74) is -4.63. The van der Waals surface area contributed by atoms with Crippen molar-refractivity contribution in [3.05, 3.63) is 11.6 Å². The molecule has 0 aromatic rings. The fourth-order valence-corrected chi connectivity index (χ4v) is 7.81. The van der Waals surface area contributed by atoms with Crippen molar-refractivity contribution in [1.82, 2.24) is 0 Å². The maximum absolute atomic E-state index is 13.2. The van der Waals surface area contributed by atoms with Crippen LogP contribution < -0.4 is 0 Å². The number of carbonyl (C=O) groups excluding carboxylic acids is 5. The maximum atomic E-state index is 13.2. The predicted molar refractivity (Wildman–Crippen MR) is 141 cm³/mol. The molecule has 0 unspecified atom stereocenters. The Hall–Kier alpha value is -2.99. The van der Waals surface area contributed by atoms with Crippen molar-refractivity contribution in [2.45, 2.75) is 135 Å². The molecule has 1 spiro atoms. The van der Waals surface area contributed by atoms with Crippen LogP contribution in [0.15, 0.2) is 11.6 Å². The molecule has 5 aliphatic rings. The molecule has 1 saturated carbocycles. The van der Waals surface area contributed by atoms with E-state index in [2.05, 4.69) is 0 Å². The summed E-state index contributed by atoms with van der Waals surface area (Å²) in [5.74, 6) is -3.68. The van der Waals surface area contributed by atoms with E-state index in [0.29, 0.717) is 12.0 Å². The Morgan fingerprint density at radius 2 is 1.55 bits per heavy atom. The van der Waals surface area contributed by atoms with Crippen molar-refractivity contribution in [3.8, 4) is 0 Å². The van der Waals surface area contributed by atoms with Crippen molar-refractivity contribution in [2.24, 2.45) is 11.3 Å². The van der Waals surface area contributed by atoms with Crippen molar-refractivity contribution in [3.63, 3.8) is 0 Å². The van der Waals surface area contributed by atoms with Gasteiger partial charge in [-0.2, -0.15) is 0 Å². The van der Waals surface area contributed by atoms with Crippen LogP contribution in [0.1, 0.15) is 81.1 Å². The van der Waals surface area contributed by atoms with Gasteiger partial charge in [-0.3, -0.25) is 19.2 Å². The highest BCUT2D eigenvalue weighted by molar-refractivity contribution is 5.89. The van der Waals surface area contributed by atoms with Crippen molar-refractivity contribution in [2.75, 3.05) is 0 Å². The number of epoxide rings is 2. The summed E-state index contributed by atoms with van der Waals surface area (Å²) < 4.78 is 42.3. The largest absolute Gasteiger partial charge is 0.462 e. The second kappa shape index (κ2) is 10.0. The van der Waals surface area contributed by atoms with Gasteiger partial charge in [0.25, 0.3) is 0 Å². The van der Waals surface area contributed by atoms with E-state index in [1.165, 1.54) is 20.8 Å². The summed E-state index contributed by atoms with van der Waals surface area (Å²) in [6.45, 7) is 12.6. The van der Waals surface area contributed by atoms with E-state index < -0.39 is 88.5 Å². The molecule has 12 heteroatoms.